The smallest absolute Gasteiger partial charge is 0.327 e. The molecule has 8 nitrogen and oxygen atoms in total. The van der Waals surface area contributed by atoms with E-state index in [2.05, 4.69) is 10.6 Å². The molecule has 1 saturated heterocycles. The number of ether oxygens (including phenoxy) is 1. The number of hydrogen-bond donors (Lipinski definition) is 2. The Hall–Kier alpha value is -2.68. The SMILES string of the molecule is C[C@@H](OC(=O)CN1C(=O)N[C@@](C)(C2CC2)C1=O)C(=O)Nc1ccc(F)cc1Cl. The minimum absolute atomic E-state index is 0.00873. The molecule has 2 fully saturated rings. The molecule has 1 aromatic carbocycles. The first-order valence-corrected chi connectivity index (χ1v) is 9.09. The van der Waals surface area contributed by atoms with Crippen LogP contribution in [0.15, 0.2) is 18.2 Å². The fraction of sp³-hybridized carbons (Fsp3) is 0.444. The zero-order valence-corrected chi connectivity index (χ0v) is 16.0. The maximum atomic E-state index is 13.0. The first-order chi connectivity index (χ1) is 13.1. The summed E-state index contributed by atoms with van der Waals surface area (Å²) in [6, 6.07) is 2.76. The normalized spacial score (nSPS) is 22.6. The van der Waals surface area contributed by atoms with E-state index in [4.69, 9.17) is 16.3 Å². The molecule has 28 heavy (non-hydrogen) atoms. The molecule has 1 saturated carbocycles. The third-order valence-corrected chi connectivity index (χ3v) is 5.16. The summed E-state index contributed by atoms with van der Waals surface area (Å²) < 4.78 is 18.1. The van der Waals surface area contributed by atoms with Crippen molar-refractivity contribution in [2.75, 3.05) is 11.9 Å². The number of carbonyl (C=O) groups is 4. The van der Waals surface area contributed by atoms with Crippen molar-refractivity contribution in [2.45, 2.75) is 38.3 Å². The van der Waals surface area contributed by atoms with Gasteiger partial charge in [0.2, 0.25) is 0 Å². The van der Waals surface area contributed by atoms with Crippen LogP contribution in [0.4, 0.5) is 14.9 Å². The Morgan fingerprint density at radius 3 is 2.71 bits per heavy atom. The summed E-state index contributed by atoms with van der Waals surface area (Å²) in [7, 11) is 0. The summed E-state index contributed by atoms with van der Waals surface area (Å²) in [6.45, 7) is 2.37. The van der Waals surface area contributed by atoms with Crippen molar-refractivity contribution in [3.63, 3.8) is 0 Å². The van der Waals surface area contributed by atoms with Crippen molar-refractivity contribution in [2.24, 2.45) is 5.92 Å². The topological polar surface area (TPSA) is 105 Å². The second-order valence-corrected chi connectivity index (χ2v) is 7.45. The van der Waals surface area contributed by atoms with Crippen LogP contribution in [0.1, 0.15) is 26.7 Å². The van der Waals surface area contributed by atoms with Gasteiger partial charge >= 0.3 is 12.0 Å². The summed E-state index contributed by atoms with van der Waals surface area (Å²) in [5.41, 5.74) is -0.843. The molecule has 1 aliphatic carbocycles. The number of halogens is 2. The Morgan fingerprint density at radius 2 is 2.11 bits per heavy atom. The quantitative estimate of drug-likeness (QED) is 0.550. The van der Waals surface area contributed by atoms with E-state index in [1.807, 2.05) is 0 Å². The van der Waals surface area contributed by atoms with Gasteiger partial charge in [0, 0.05) is 0 Å². The number of nitrogens with zero attached hydrogens (tertiary/aromatic N) is 1. The van der Waals surface area contributed by atoms with Crippen LogP contribution in [0.2, 0.25) is 5.02 Å². The predicted octanol–water partition coefficient (Wildman–Crippen LogP) is 2.07. The first-order valence-electron chi connectivity index (χ1n) is 8.71. The van der Waals surface area contributed by atoms with Gasteiger partial charge in [0.25, 0.3) is 11.8 Å². The Balaban J connectivity index is 1.56. The molecule has 0 spiro atoms. The molecule has 2 atom stereocenters. The molecule has 0 radical (unpaired) electrons. The standard InChI is InChI=1S/C18H19ClFN3O5/c1-9(15(25)21-13-6-5-11(20)7-12(13)19)28-14(24)8-23-16(26)18(2,10-3-4-10)22-17(23)27/h5-7,9-10H,3-4,8H2,1-2H3,(H,21,25)(H,22,27)/t9-,18+/m1/s1. The van der Waals surface area contributed by atoms with Crippen LogP contribution in [0.25, 0.3) is 0 Å². The zero-order valence-electron chi connectivity index (χ0n) is 15.3. The molecule has 4 amide bonds. The monoisotopic (exact) mass is 411 g/mol. The molecule has 0 bridgehead atoms. The molecule has 2 aliphatic rings. The number of urea groups is 1. The van der Waals surface area contributed by atoms with Crippen LogP contribution in [0.3, 0.4) is 0 Å². The second kappa shape index (κ2) is 7.38. The lowest BCUT2D eigenvalue weighted by atomic mass is 9.96. The van der Waals surface area contributed by atoms with E-state index in [9.17, 15) is 23.6 Å². The first kappa shape index (κ1) is 20.1. The number of esters is 1. The maximum absolute atomic E-state index is 13.0. The van der Waals surface area contributed by atoms with Gasteiger partial charge in [0.05, 0.1) is 10.7 Å². The van der Waals surface area contributed by atoms with Gasteiger partial charge in [-0.25, -0.2) is 9.18 Å². The van der Waals surface area contributed by atoms with Gasteiger partial charge in [-0.2, -0.15) is 0 Å². The largest absolute Gasteiger partial charge is 0.451 e. The minimum Gasteiger partial charge on any atom is -0.451 e. The van der Waals surface area contributed by atoms with Gasteiger partial charge in [0.15, 0.2) is 6.10 Å². The molecule has 3 rings (SSSR count). The second-order valence-electron chi connectivity index (χ2n) is 7.04. The molecule has 1 aromatic rings. The molecule has 0 aromatic heterocycles. The average molecular weight is 412 g/mol. The van der Waals surface area contributed by atoms with Gasteiger partial charge in [-0.05, 0) is 50.8 Å². The highest BCUT2D eigenvalue weighted by molar-refractivity contribution is 6.33. The summed E-state index contributed by atoms with van der Waals surface area (Å²) in [5, 5.41) is 5.03. The summed E-state index contributed by atoms with van der Waals surface area (Å²) in [6.07, 6.45) is 0.456. The van der Waals surface area contributed by atoms with Crippen LogP contribution < -0.4 is 10.6 Å². The molecule has 1 aliphatic heterocycles. The molecule has 1 heterocycles. The highest BCUT2D eigenvalue weighted by Crippen LogP contribution is 2.42. The van der Waals surface area contributed by atoms with E-state index < -0.39 is 47.8 Å². The highest BCUT2D eigenvalue weighted by Gasteiger charge is 2.56. The van der Waals surface area contributed by atoms with Gasteiger partial charge in [-0.1, -0.05) is 11.6 Å². The van der Waals surface area contributed by atoms with Crippen molar-refractivity contribution in [3.8, 4) is 0 Å². The Morgan fingerprint density at radius 1 is 1.43 bits per heavy atom. The highest BCUT2D eigenvalue weighted by atomic mass is 35.5. The number of carbonyl (C=O) groups excluding carboxylic acids is 4. The Bertz CT molecular complexity index is 860. The molecule has 150 valence electrons. The van der Waals surface area contributed by atoms with E-state index in [0.29, 0.717) is 0 Å². The van der Waals surface area contributed by atoms with Crippen LogP contribution in [-0.4, -0.2) is 46.9 Å². The number of rotatable bonds is 6. The van der Waals surface area contributed by atoms with Crippen molar-refractivity contribution < 1.29 is 28.3 Å². The van der Waals surface area contributed by atoms with E-state index in [0.717, 1.165) is 29.9 Å². The van der Waals surface area contributed by atoms with Crippen LogP contribution in [0.5, 0.6) is 0 Å². The molecular formula is C18H19ClFN3O5. The summed E-state index contributed by atoms with van der Waals surface area (Å²) >= 11 is 5.84. The number of benzene rings is 1. The average Bonchev–Trinajstić information content (AvgIpc) is 3.43. The molecular weight excluding hydrogens is 393 g/mol. The number of anilines is 1. The fourth-order valence-electron chi connectivity index (χ4n) is 3.04. The van der Waals surface area contributed by atoms with Gasteiger partial charge < -0.3 is 15.4 Å². The van der Waals surface area contributed by atoms with Gasteiger partial charge in [0.1, 0.15) is 17.9 Å². The van der Waals surface area contributed by atoms with E-state index in [1.54, 1.807) is 6.92 Å². The van der Waals surface area contributed by atoms with Gasteiger partial charge in [-0.3, -0.25) is 19.3 Å². The minimum atomic E-state index is -1.22. The van der Waals surface area contributed by atoms with Crippen LogP contribution in [0, 0.1) is 11.7 Å². The third-order valence-electron chi connectivity index (χ3n) is 4.85. The van der Waals surface area contributed by atoms with Crippen molar-refractivity contribution in [3.05, 3.63) is 29.0 Å². The molecule has 2 N–H and O–H groups in total. The van der Waals surface area contributed by atoms with Crippen LogP contribution >= 0.6 is 11.6 Å². The number of imide groups is 1. The lowest BCUT2D eigenvalue weighted by Gasteiger charge is -2.21. The zero-order chi connectivity index (χ0) is 20.6. The van der Waals surface area contributed by atoms with Crippen molar-refractivity contribution in [1.82, 2.24) is 10.2 Å². The molecule has 10 heteroatoms. The van der Waals surface area contributed by atoms with E-state index >= 15 is 0 Å². The fourth-order valence-corrected chi connectivity index (χ4v) is 3.25. The van der Waals surface area contributed by atoms with Crippen molar-refractivity contribution in [1.29, 1.82) is 0 Å². The lowest BCUT2D eigenvalue weighted by molar-refractivity contribution is -0.155. The Kier molecular flexibility index (Phi) is 5.29. The van der Waals surface area contributed by atoms with E-state index in [1.165, 1.54) is 13.0 Å². The number of hydrogen-bond acceptors (Lipinski definition) is 5. The third kappa shape index (κ3) is 3.94. The predicted molar refractivity (Wildman–Crippen MR) is 97.0 cm³/mol. The summed E-state index contributed by atoms with van der Waals surface area (Å²) in [5.74, 6) is -2.57. The number of nitrogens with one attached hydrogen (secondary N) is 2. The van der Waals surface area contributed by atoms with Gasteiger partial charge in [-0.15, -0.1) is 0 Å². The summed E-state index contributed by atoms with van der Waals surface area (Å²) in [4.78, 5) is 49.6. The lowest BCUT2D eigenvalue weighted by Crippen LogP contribution is -2.46. The van der Waals surface area contributed by atoms with Crippen LogP contribution in [-0.2, 0) is 19.1 Å². The number of amides is 4. The van der Waals surface area contributed by atoms with Crippen molar-refractivity contribution >= 4 is 41.1 Å². The maximum Gasteiger partial charge on any atom is 0.327 e. The van der Waals surface area contributed by atoms with E-state index in [-0.39, 0.29) is 16.6 Å². The Labute approximate surface area is 165 Å². The molecule has 0 unspecified atom stereocenters.